The van der Waals surface area contributed by atoms with Crippen LogP contribution in [-0.4, -0.2) is 24.5 Å². The molecule has 1 rings (SSSR count). The van der Waals surface area contributed by atoms with E-state index in [0.717, 1.165) is 0 Å². The van der Waals surface area contributed by atoms with E-state index in [1.54, 1.807) is 38.1 Å². The van der Waals surface area contributed by atoms with Gasteiger partial charge in [0.2, 0.25) is 5.91 Å². The smallest absolute Gasteiger partial charge is 0.338 e. The van der Waals surface area contributed by atoms with Gasteiger partial charge in [0.25, 0.3) is 0 Å². The Kier molecular flexibility index (Phi) is 7.00. The number of benzene rings is 1. The maximum atomic E-state index is 11.4. The average molecular weight is 273 g/mol. The number of nitrogens with two attached hydrogens (primary N) is 1. The Morgan fingerprint density at radius 3 is 2.33 bits per heavy atom. The monoisotopic (exact) mass is 272 g/mol. The molecular formula is C12H17ClN2O3. The van der Waals surface area contributed by atoms with Crippen LogP contribution < -0.4 is 11.1 Å². The number of anilines is 1. The molecule has 0 aliphatic rings. The van der Waals surface area contributed by atoms with Crippen LogP contribution in [0.2, 0.25) is 0 Å². The van der Waals surface area contributed by atoms with Crippen molar-refractivity contribution >= 4 is 30.0 Å². The van der Waals surface area contributed by atoms with Crippen molar-refractivity contribution in [3.05, 3.63) is 29.8 Å². The van der Waals surface area contributed by atoms with Crippen LogP contribution >= 0.6 is 12.4 Å². The lowest BCUT2D eigenvalue weighted by molar-refractivity contribution is -0.117. The molecule has 18 heavy (non-hydrogen) atoms. The van der Waals surface area contributed by atoms with Crippen LogP contribution in [0.25, 0.3) is 0 Å². The SMILES string of the molecule is CCOC(=O)c1ccc(NC(=O)[C@@H](C)N)cc1.Cl. The first kappa shape index (κ1) is 16.4. The Balaban J connectivity index is 0.00000289. The van der Waals surface area contributed by atoms with E-state index in [2.05, 4.69) is 5.32 Å². The van der Waals surface area contributed by atoms with Gasteiger partial charge in [0.05, 0.1) is 18.2 Å². The molecule has 5 nitrogen and oxygen atoms in total. The third kappa shape index (κ3) is 4.73. The first-order chi connectivity index (χ1) is 8.04. The third-order valence-electron chi connectivity index (χ3n) is 2.08. The Labute approximate surface area is 112 Å². The number of carbonyl (C=O) groups is 2. The van der Waals surface area contributed by atoms with E-state index in [9.17, 15) is 9.59 Å². The van der Waals surface area contributed by atoms with E-state index in [1.165, 1.54) is 0 Å². The second-order valence-corrected chi connectivity index (χ2v) is 3.58. The van der Waals surface area contributed by atoms with Gasteiger partial charge in [0, 0.05) is 5.69 Å². The minimum atomic E-state index is -0.570. The number of rotatable bonds is 4. The Morgan fingerprint density at radius 1 is 1.33 bits per heavy atom. The topological polar surface area (TPSA) is 81.4 Å². The summed E-state index contributed by atoms with van der Waals surface area (Å²) in [7, 11) is 0. The zero-order valence-corrected chi connectivity index (χ0v) is 11.1. The van der Waals surface area contributed by atoms with E-state index < -0.39 is 6.04 Å². The van der Waals surface area contributed by atoms with Crippen LogP contribution in [0.15, 0.2) is 24.3 Å². The van der Waals surface area contributed by atoms with Gasteiger partial charge in [-0.05, 0) is 38.1 Å². The largest absolute Gasteiger partial charge is 0.462 e. The van der Waals surface area contributed by atoms with Gasteiger partial charge in [-0.15, -0.1) is 12.4 Å². The van der Waals surface area contributed by atoms with Crippen LogP contribution in [0.1, 0.15) is 24.2 Å². The molecule has 100 valence electrons. The maximum Gasteiger partial charge on any atom is 0.338 e. The summed E-state index contributed by atoms with van der Waals surface area (Å²) in [4.78, 5) is 22.7. The highest BCUT2D eigenvalue weighted by Gasteiger charge is 2.09. The molecular weight excluding hydrogens is 256 g/mol. The van der Waals surface area contributed by atoms with Crippen LogP contribution in [0.5, 0.6) is 0 Å². The number of hydrogen-bond donors (Lipinski definition) is 2. The van der Waals surface area contributed by atoms with E-state index in [4.69, 9.17) is 10.5 Å². The molecule has 0 heterocycles. The molecule has 1 aromatic carbocycles. The molecule has 0 aliphatic carbocycles. The molecule has 0 aliphatic heterocycles. The fraction of sp³-hybridized carbons (Fsp3) is 0.333. The lowest BCUT2D eigenvalue weighted by atomic mass is 10.2. The van der Waals surface area contributed by atoms with Crippen molar-refractivity contribution in [1.82, 2.24) is 0 Å². The fourth-order valence-electron chi connectivity index (χ4n) is 1.16. The zero-order valence-electron chi connectivity index (χ0n) is 10.3. The Bertz CT molecular complexity index is 404. The second-order valence-electron chi connectivity index (χ2n) is 3.58. The number of carbonyl (C=O) groups excluding carboxylic acids is 2. The first-order valence-electron chi connectivity index (χ1n) is 5.38. The van der Waals surface area contributed by atoms with Crippen LogP contribution in [0.3, 0.4) is 0 Å². The molecule has 1 atom stereocenters. The van der Waals surface area contributed by atoms with E-state index >= 15 is 0 Å². The summed E-state index contributed by atoms with van der Waals surface area (Å²) in [5.41, 5.74) is 6.46. The predicted molar refractivity (Wildman–Crippen MR) is 71.9 cm³/mol. The molecule has 1 amide bonds. The number of ether oxygens (including phenoxy) is 1. The van der Waals surface area contributed by atoms with Gasteiger partial charge in [-0.3, -0.25) is 4.79 Å². The average Bonchev–Trinajstić information content (AvgIpc) is 2.30. The normalized spacial score (nSPS) is 11.1. The molecule has 0 fully saturated rings. The lowest BCUT2D eigenvalue weighted by Gasteiger charge is -2.08. The Hall–Kier alpha value is -1.59. The number of amides is 1. The first-order valence-corrected chi connectivity index (χ1v) is 5.38. The van der Waals surface area contributed by atoms with Crippen molar-refractivity contribution in [2.24, 2.45) is 5.73 Å². The number of nitrogens with one attached hydrogen (secondary N) is 1. The van der Waals surface area contributed by atoms with Gasteiger partial charge >= 0.3 is 5.97 Å². The summed E-state index contributed by atoms with van der Waals surface area (Å²) >= 11 is 0. The van der Waals surface area contributed by atoms with Crippen LogP contribution in [0.4, 0.5) is 5.69 Å². The van der Waals surface area contributed by atoms with Crippen molar-refractivity contribution in [3.8, 4) is 0 Å². The quantitative estimate of drug-likeness (QED) is 0.815. The van der Waals surface area contributed by atoms with Crippen LogP contribution in [0, 0.1) is 0 Å². The van der Waals surface area contributed by atoms with E-state index in [-0.39, 0.29) is 24.3 Å². The minimum Gasteiger partial charge on any atom is -0.462 e. The van der Waals surface area contributed by atoms with E-state index in [0.29, 0.717) is 17.9 Å². The van der Waals surface area contributed by atoms with Gasteiger partial charge < -0.3 is 15.8 Å². The lowest BCUT2D eigenvalue weighted by Crippen LogP contribution is -2.32. The zero-order chi connectivity index (χ0) is 12.8. The standard InChI is InChI=1S/C12H16N2O3.ClH/c1-3-17-12(16)9-4-6-10(7-5-9)14-11(15)8(2)13;/h4-8H,3,13H2,1-2H3,(H,14,15);1H/t8-;/m1./s1. The molecule has 0 saturated carbocycles. The molecule has 0 saturated heterocycles. The number of esters is 1. The molecule has 3 N–H and O–H groups in total. The summed E-state index contributed by atoms with van der Waals surface area (Å²) in [6.45, 7) is 3.68. The van der Waals surface area contributed by atoms with E-state index in [1.807, 2.05) is 0 Å². The highest BCUT2D eigenvalue weighted by molar-refractivity contribution is 5.95. The van der Waals surface area contributed by atoms with Crippen molar-refractivity contribution in [2.75, 3.05) is 11.9 Å². The summed E-state index contributed by atoms with van der Waals surface area (Å²) in [5, 5.41) is 2.62. The van der Waals surface area contributed by atoms with Crippen molar-refractivity contribution in [1.29, 1.82) is 0 Å². The molecule has 0 spiro atoms. The highest BCUT2D eigenvalue weighted by Crippen LogP contribution is 2.10. The summed E-state index contributed by atoms with van der Waals surface area (Å²) < 4.78 is 4.84. The van der Waals surface area contributed by atoms with Crippen LogP contribution in [-0.2, 0) is 9.53 Å². The van der Waals surface area contributed by atoms with Gasteiger partial charge in [0.1, 0.15) is 0 Å². The van der Waals surface area contributed by atoms with Gasteiger partial charge in [-0.25, -0.2) is 4.79 Å². The highest BCUT2D eigenvalue weighted by atomic mass is 35.5. The fourth-order valence-corrected chi connectivity index (χ4v) is 1.16. The summed E-state index contributed by atoms with van der Waals surface area (Å²) in [6.07, 6.45) is 0. The predicted octanol–water partition coefficient (Wildman–Crippen LogP) is 1.57. The molecule has 0 bridgehead atoms. The van der Waals surface area contributed by atoms with Gasteiger partial charge in [0.15, 0.2) is 0 Å². The third-order valence-corrected chi connectivity index (χ3v) is 2.08. The Morgan fingerprint density at radius 2 is 1.89 bits per heavy atom. The minimum absolute atomic E-state index is 0. The van der Waals surface area contributed by atoms with Crippen molar-refractivity contribution in [3.63, 3.8) is 0 Å². The van der Waals surface area contributed by atoms with Gasteiger partial charge in [-0.1, -0.05) is 0 Å². The van der Waals surface area contributed by atoms with Gasteiger partial charge in [-0.2, -0.15) is 0 Å². The van der Waals surface area contributed by atoms with Crippen molar-refractivity contribution in [2.45, 2.75) is 19.9 Å². The summed E-state index contributed by atoms with van der Waals surface area (Å²) in [6, 6.07) is 5.88. The summed E-state index contributed by atoms with van der Waals surface area (Å²) in [5.74, 6) is -0.647. The van der Waals surface area contributed by atoms with Crippen molar-refractivity contribution < 1.29 is 14.3 Å². The molecule has 0 aromatic heterocycles. The molecule has 6 heteroatoms. The maximum absolute atomic E-state index is 11.4. The molecule has 0 unspecified atom stereocenters. The number of halogens is 1. The molecule has 1 aromatic rings. The molecule has 0 radical (unpaired) electrons. The number of hydrogen-bond acceptors (Lipinski definition) is 4. The second kappa shape index (κ2) is 7.68.